The van der Waals surface area contributed by atoms with Crippen LogP contribution in [0.3, 0.4) is 0 Å². The zero-order valence-electron chi connectivity index (χ0n) is 13.8. The minimum atomic E-state index is -0.0331. The van der Waals surface area contributed by atoms with Gasteiger partial charge < -0.3 is 5.32 Å². The first kappa shape index (κ1) is 16.9. The van der Waals surface area contributed by atoms with Gasteiger partial charge >= 0.3 is 0 Å². The van der Waals surface area contributed by atoms with Gasteiger partial charge in [0.2, 0.25) is 0 Å². The van der Waals surface area contributed by atoms with Gasteiger partial charge in [-0.25, -0.2) is 4.98 Å². The van der Waals surface area contributed by atoms with Crippen LogP contribution in [0, 0.1) is 0 Å². The first-order valence-corrected chi connectivity index (χ1v) is 8.96. The zero-order valence-corrected chi connectivity index (χ0v) is 15.4. The van der Waals surface area contributed by atoms with Crippen molar-refractivity contribution in [3.05, 3.63) is 69.2 Å². The van der Waals surface area contributed by atoms with Crippen LogP contribution >= 0.6 is 15.9 Å². The molecule has 4 nitrogen and oxygen atoms in total. The van der Waals surface area contributed by atoms with Crippen molar-refractivity contribution in [2.24, 2.45) is 0 Å². The Morgan fingerprint density at radius 3 is 2.50 bits per heavy atom. The average molecular weight is 386 g/mol. The molecule has 2 aromatic carbocycles. The molecule has 0 unspecified atom stereocenters. The van der Waals surface area contributed by atoms with Crippen LogP contribution < -0.4 is 10.9 Å². The molecule has 1 N–H and O–H groups in total. The molecular weight excluding hydrogens is 366 g/mol. The van der Waals surface area contributed by atoms with E-state index in [2.05, 4.69) is 35.1 Å². The van der Waals surface area contributed by atoms with Crippen molar-refractivity contribution in [1.82, 2.24) is 14.9 Å². The maximum atomic E-state index is 13.1. The number of benzene rings is 2. The summed E-state index contributed by atoms with van der Waals surface area (Å²) in [6.07, 6.45) is 0.856. The van der Waals surface area contributed by atoms with Crippen LogP contribution in [-0.2, 0) is 0 Å². The van der Waals surface area contributed by atoms with Crippen molar-refractivity contribution in [1.29, 1.82) is 0 Å². The number of halogens is 1. The van der Waals surface area contributed by atoms with Gasteiger partial charge in [-0.05, 0) is 49.4 Å². The van der Waals surface area contributed by atoms with Gasteiger partial charge in [-0.15, -0.1) is 0 Å². The molecule has 0 aliphatic carbocycles. The number of rotatable bonds is 5. The lowest BCUT2D eigenvalue weighted by Gasteiger charge is -2.21. The van der Waals surface area contributed by atoms with E-state index < -0.39 is 0 Å². The van der Waals surface area contributed by atoms with E-state index in [1.165, 1.54) is 0 Å². The van der Waals surface area contributed by atoms with Gasteiger partial charge in [-0.3, -0.25) is 9.36 Å². The Morgan fingerprint density at radius 1 is 1.12 bits per heavy atom. The van der Waals surface area contributed by atoms with Crippen molar-refractivity contribution in [3.63, 3.8) is 0 Å². The third-order valence-corrected chi connectivity index (χ3v) is 4.59. The summed E-state index contributed by atoms with van der Waals surface area (Å²) in [5, 5.41) is 4.07. The Hall–Kier alpha value is -1.98. The minimum absolute atomic E-state index is 0.0240. The fourth-order valence-corrected chi connectivity index (χ4v) is 3.15. The van der Waals surface area contributed by atoms with E-state index in [0.717, 1.165) is 34.5 Å². The number of hydrogen-bond acceptors (Lipinski definition) is 3. The van der Waals surface area contributed by atoms with Crippen LogP contribution in [-0.4, -0.2) is 16.1 Å². The maximum Gasteiger partial charge on any atom is 0.266 e. The molecule has 3 aromatic rings. The van der Waals surface area contributed by atoms with E-state index in [1.54, 1.807) is 4.57 Å². The molecule has 124 valence electrons. The Morgan fingerprint density at radius 2 is 1.83 bits per heavy atom. The highest BCUT2D eigenvalue weighted by Crippen LogP contribution is 2.21. The van der Waals surface area contributed by atoms with Crippen LogP contribution in [0.25, 0.3) is 16.6 Å². The van der Waals surface area contributed by atoms with Crippen molar-refractivity contribution >= 4 is 26.8 Å². The molecule has 0 fully saturated rings. The summed E-state index contributed by atoms with van der Waals surface area (Å²) in [6, 6.07) is 15.3. The van der Waals surface area contributed by atoms with Crippen molar-refractivity contribution in [3.8, 4) is 5.69 Å². The molecule has 3 rings (SSSR count). The van der Waals surface area contributed by atoms with Gasteiger partial charge in [0.05, 0.1) is 22.6 Å². The van der Waals surface area contributed by atoms with Crippen LogP contribution in [0.15, 0.2) is 57.8 Å². The second-order valence-electron chi connectivity index (χ2n) is 5.62. The Kier molecular flexibility index (Phi) is 5.11. The predicted octanol–water partition coefficient (Wildman–Crippen LogP) is 4.21. The van der Waals surface area contributed by atoms with Crippen molar-refractivity contribution in [2.75, 3.05) is 6.54 Å². The van der Waals surface area contributed by atoms with Gasteiger partial charge in [0.1, 0.15) is 5.82 Å². The van der Waals surface area contributed by atoms with E-state index in [-0.39, 0.29) is 11.6 Å². The normalized spacial score (nSPS) is 12.5. The van der Waals surface area contributed by atoms with Crippen molar-refractivity contribution in [2.45, 2.75) is 26.3 Å². The predicted molar refractivity (Wildman–Crippen MR) is 102 cm³/mol. The molecule has 5 heteroatoms. The standard InChI is InChI=1S/C19H20BrN3O/c1-3-16(21-4-2)18-22-17-8-6-5-7-15(17)19(24)23(18)14-11-9-13(20)10-12-14/h5-12,16,21H,3-4H2,1-2H3/t16-/m0/s1. The quantitative estimate of drug-likeness (QED) is 0.715. The summed E-state index contributed by atoms with van der Waals surface area (Å²) in [4.78, 5) is 18.0. The summed E-state index contributed by atoms with van der Waals surface area (Å²) in [5.74, 6) is 0.755. The first-order chi connectivity index (χ1) is 11.7. The fraction of sp³-hybridized carbons (Fsp3) is 0.263. The SMILES string of the molecule is CCN[C@@H](CC)c1nc2ccccc2c(=O)n1-c1ccc(Br)cc1. The van der Waals surface area contributed by atoms with Gasteiger partial charge in [-0.2, -0.15) is 0 Å². The molecule has 1 atom stereocenters. The van der Waals surface area contributed by atoms with Crippen LogP contribution in [0.5, 0.6) is 0 Å². The molecule has 0 saturated heterocycles. The molecule has 0 aliphatic heterocycles. The highest BCUT2D eigenvalue weighted by atomic mass is 79.9. The number of aromatic nitrogens is 2. The molecular formula is C19H20BrN3O. The molecule has 1 heterocycles. The lowest BCUT2D eigenvalue weighted by Crippen LogP contribution is -2.31. The first-order valence-electron chi connectivity index (χ1n) is 8.16. The van der Waals surface area contributed by atoms with E-state index >= 15 is 0 Å². The lowest BCUT2D eigenvalue weighted by atomic mass is 10.1. The molecule has 0 saturated carbocycles. The molecule has 0 bridgehead atoms. The average Bonchev–Trinajstić information content (AvgIpc) is 2.61. The molecule has 1 aromatic heterocycles. The van der Waals surface area contributed by atoms with E-state index in [9.17, 15) is 4.79 Å². The maximum absolute atomic E-state index is 13.1. The van der Waals surface area contributed by atoms with E-state index in [0.29, 0.717) is 5.39 Å². The highest BCUT2D eigenvalue weighted by Gasteiger charge is 2.19. The van der Waals surface area contributed by atoms with Gasteiger partial charge in [0.25, 0.3) is 5.56 Å². The number of hydrogen-bond donors (Lipinski definition) is 1. The summed E-state index contributed by atoms with van der Waals surface area (Å²) < 4.78 is 2.71. The molecule has 0 spiro atoms. The molecule has 24 heavy (non-hydrogen) atoms. The number of para-hydroxylation sites is 1. The molecule has 0 aliphatic rings. The topological polar surface area (TPSA) is 46.9 Å². The summed E-state index contributed by atoms with van der Waals surface area (Å²) in [7, 11) is 0. The van der Waals surface area contributed by atoms with Crippen LogP contribution in [0.1, 0.15) is 32.1 Å². The van der Waals surface area contributed by atoms with E-state index in [4.69, 9.17) is 4.98 Å². The van der Waals surface area contributed by atoms with Gasteiger partial charge in [0.15, 0.2) is 0 Å². The van der Waals surface area contributed by atoms with Gasteiger partial charge in [0, 0.05) is 4.47 Å². The number of nitrogens with one attached hydrogen (secondary N) is 1. The Bertz CT molecular complexity index is 903. The van der Waals surface area contributed by atoms with Crippen molar-refractivity contribution < 1.29 is 0 Å². The monoisotopic (exact) mass is 385 g/mol. The smallest absolute Gasteiger partial charge is 0.266 e. The highest BCUT2D eigenvalue weighted by molar-refractivity contribution is 9.10. The third-order valence-electron chi connectivity index (χ3n) is 4.06. The summed E-state index contributed by atoms with van der Waals surface area (Å²) in [5.41, 5.74) is 1.53. The minimum Gasteiger partial charge on any atom is -0.308 e. The molecule has 0 radical (unpaired) electrons. The zero-order chi connectivity index (χ0) is 17.1. The summed E-state index contributed by atoms with van der Waals surface area (Å²) in [6.45, 7) is 4.98. The number of nitrogens with zero attached hydrogens (tertiary/aromatic N) is 2. The Labute approximate surface area is 149 Å². The summed E-state index contributed by atoms with van der Waals surface area (Å²) >= 11 is 3.45. The third kappa shape index (κ3) is 3.14. The number of fused-ring (bicyclic) bond motifs is 1. The van der Waals surface area contributed by atoms with Crippen LogP contribution in [0.2, 0.25) is 0 Å². The van der Waals surface area contributed by atoms with Crippen LogP contribution in [0.4, 0.5) is 0 Å². The largest absolute Gasteiger partial charge is 0.308 e. The molecule has 0 amide bonds. The van der Waals surface area contributed by atoms with E-state index in [1.807, 2.05) is 48.5 Å². The second-order valence-corrected chi connectivity index (χ2v) is 6.54. The fourth-order valence-electron chi connectivity index (χ4n) is 2.89. The second kappa shape index (κ2) is 7.28. The van der Waals surface area contributed by atoms with Gasteiger partial charge in [-0.1, -0.05) is 41.9 Å². The lowest BCUT2D eigenvalue weighted by molar-refractivity contribution is 0.498. The Balaban J connectivity index is 2.33.